The van der Waals surface area contributed by atoms with E-state index in [4.69, 9.17) is 5.26 Å². The van der Waals surface area contributed by atoms with E-state index in [1.54, 1.807) is 0 Å². The Morgan fingerprint density at radius 2 is 2.00 bits per heavy atom. The van der Waals surface area contributed by atoms with Gasteiger partial charge in [0.2, 0.25) is 0 Å². The highest BCUT2D eigenvalue weighted by Gasteiger charge is 2.38. The Morgan fingerprint density at radius 3 is 2.60 bits per heavy atom. The van der Waals surface area contributed by atoms with Gasteiger partial charge in [-0.05, 0) is 69.3 Å². The second-order valence-electron chi connectivity index (χ2n) is 6.41. The molecule has 0 spiro atoms. The minimum absolute atomic E-state index is 0.741. The van der Waals surface area contributed by atoms with E-state index in [1.165, 1.54) is 36.9 Å². The van der Waals surface area contributed by atoms with E-state index in [0.29, 0.717) is 0 Å². The molecule has 0 radical (unpaired) electrons. The molecular formula is C17H23N3. The third-order valence-corrected chi connectivity index (χ3v) is 5.13. The van der Waals surface area contributed by atoms with Gasteiger partial charge in [0.15, 0.2) is 0 Å². The number of nitriles is 1. The molecule has 2 unspecified atom stereocenters. The maximum atomic E-state index is 8.90. The number of aryl methyl sites for hydroxylation is 1. The van der Waals surface area contributed by atoms with Crippen LogP contribution in [0.1, 0.15) is 36.8 Å². The summed E-state index contributed by atoms with van der Waals surface area (Å²) in [5.41, 5.74) is 3.08. The molecule has 2 heterocycles. The van der Waals surface area contributed by atoms with Crippen molar-refractivity contribution in [1.29, 1.82) is 5.26 Å². The first kappa shape index (κ1) is 13.5. The molecule has 2 fully saturated rings. The highest BCUT2D eigenvalue weighted by molar-refractivity contribution is 5.54. The minimum atomic E-state index is 0.741. The molecule has 2 atom stereocenters. The lowest BCUT2D eigenvalue weighted by Gasteiger charge is -2.36. The lowest BCUT2D eigenvalue weighted by Crippen LogP contribution is -2.41. The summed E-state index contributed by atoms with van der Waals surface area (Å²) in [7, 11) is 2.29. The van der Waals surface area contributed by atoms with E-state index < -0.39 is 0 Å². The van der Waals surface area contributed by atoms with Crippen LogP contribution in [-0.4, -0.2) is 30.6 Å². The quantitative estimate of drug-likeness (QED) is 0.916. The lowest BCUT2D eigenvalue weighted by molar-refractivity contribution is 0.139. The highest BCUT2D eigenvalue weighted by atomic mass is 15.2. The van der Waals surface area contributed by atoms with Gasteiger partial charge in [-0.15, -0.1) is 0 Å². The molecule has 2 saturated heterocycles. The predicted octanol–water partition coefficient (Wildman–Crippen LogP) is 3.15. The molecule has 20 heavy (non-hydrogen) atoms. The van der Waals surface area contributed by atoms with Crippen molar-refractivity contribution in [2.75, 3.05) is 18.9 Å². The van der Waals surface area contributed by atoms with Crippen molar-refractivity contribution in [2.24, 2.45) is 5.92 Å². The second-order valence-corrected chi connectivity index (χ2v) is 6.41. The molecule has 2 bridgehead atoms. The van der Waals surface area contributed by atoms with Crippen LogP contribution in [0.25, 0.3) is 0 Å². The van der Waals surface area contributed by atoms with Gasteiger partial charge in [0.05, 0.1) is 11.6 Å². The van der Waals surface area contributed by atoms with E-state index in [2.05, 4.69) is 30.3 Å². The second kappa shape index (κ2) is 5.46. The fourth-order valence-electron chi connectivity index (χ4n) is 3.88. The first-order valence-corrected chi connectivity index (χ1v) is 7.64. The smallest absolute Gasteiger partial charge is 0.0991 e. The molecule has 0 aromatic heterocycles. The van der Waals surface area contributed by atoms with Crippen molar-refractivity contribution in [1.82, 2.24) is 4.90 Å². The van der Waals surface area contributed by atoms with E-state index in [0.717, 1.165) is 30.1 Å². The van der Waals surface area contributed by atoms with Crippen molar-refractivity contribution >= 4 is 5.69 Å². The summed E-state index contributed by atoms with van der Waals surface area (Å²) < 4.78 is 0. The Bertz CT molecular complexity index is 518. The first-order chi connectivity index (χ1) is 9.67. The minimum Gasteiger partial charge on any atom is -0.385 e. The van der Waals surface area contributed by atoms with Crippen LogP contribution in [0.3, 0.4) is 0 Å². The summed E-state index contributed by atoms with van der Waals surface area (Å²) in [5, 5.41) is 12.5. The average molecular weight is 269 g/mol. The molecular weight excluding hydrogens is 246 g/mol. The molecule has 2 aliphatic heterocycles. The molecule has 106 valence electrons. The van der Waals surface area contributed by atoms with Crippen LogP contribution < -0.4 is 5.32 Å². The number of anilines is 1. The molecule has 0 saturated carbocycles. The number of benzene rings is 1. The molecule has 3 rings (SSSR count). The number of piperidine rings is 1. The number of rotatable bonds is 3. The molecule has 1 aromatic carbocycles. The summed E-state index contributed by atoms with van der Waals surface area (Å²) in [6.45, 7) is 3.13. The van der Waals surface area contributed by atoms with E-state index in [9.17, 15) is 0 Å². The molecule has 1 aromatic rings. The summed E-state index contributed by atoms with van der Waals surface area (Å²) in [6, 6.07) is 9.70. The van der Waals surface area contributed by atoms with Crippen molar-refractivity contribution < 1.29 is 0 Å². The molecule has 0 amide bonds. The Balaban J connectivity index is 1.59. The Kier molecular flexibility index (Phi) is 3.67. The van der Waals surface area contributed by atoms with Gasteiger partial charge in [-0.25, -0.2) is 0 Å². The van der Waals surface area contributed by atoms with Crippen LogP contribution in [0.5, 0.6) is 0 Å². The molecule has 2 aliphatic rings. The van der Waals surface area contributed by atoms with Gasteiger partial charge in [-0.2, -0.15) is 5.26 Å². The van der Waals surface area contributed by atoms with Crippen LogP contribution in [0, 0.1) is 24.2 Å². The van der Waals surface area contributed by atoms with E-state index in [1.807, 2.05) is 18.2 Å². The predicted molar refractivity (Wildman–Crippen MR) is 81.7 cm³/mol. The fourth-order valence-corrected chi connectivity index (χ4v) is 3.88. The zero-order valence-corrected chi connectivity index (χ0v) is 12.4. The van der Waals surface area contributed by atoms with Crippen LogP contribution in [0.4, 0.5) is 5.69 Å². The molecule has 3 nitrogen and oxygen atoms in total. The van der Waals surface area contributed by atoms with Gasteiger partial charge in [0.25, 0.3) is 0 Å². The van der Waals surface area contributed by atoms with Crippen molar-refractivity contribution in [2.45, 2.75) is 44.7 Å². The van der Waals surface area contributed by atoms with Crippen LogP contribution in [-0.2, 0) is 0 Å². The standard InChI is InChI=1S/C17H23N3/c1-12-7-13(10-18)3-6-17(12)19-11-14-8-15-4-5-16(9-14)20(15)2/h3,6-7,14-16,19H,4-5,8-9,11H2,1-2H3. The normalized spacial score (nSPS) is 29.1. The number of nitrogens with zero attached hydrogens (tertiary/aromatic N) is 2. The van der Waals surface area contributed by atoms with Crippen LogP contribution in [0.2, 0.25) is 0 Å². The van der Waals surface area contributed by atoms with Crippen molar-refractivity contribution in [3.8, 4) is 6.07 Å². The topological polar surface area (TPSA) is 39.1 Å². The van der Waals surface area contributed by atoms with Crippen LogP contribution >= 0.6 is 0 Å². The van der Waals surface area contributed by atoms with E-state index in [-0.39, 0.29) is 0 Å². The summed E-state index contributed by atoms with van der Waals surface area (Å²) in [4.78, 5) is 2.59. The van der Waals surface area contributed by atoms with Gasteiger partial charge in [0.1, 0.15) is 0 Å². The lowest BCUT2D eigenvalue weighted by atomic mass is 9.91. The Labute approximate surface area is 121 Å². The number of fused-ring (bicyclic) bond motifs is 2. The molecule has 3 heteroatoms. The monoisotopic (exact) mass is 269 g/mol. The van der Waals surface area contributed by atoms with Gasteiger partial charge in [-0.1, -0.05) is 0 Å². The first-order valence-electron chi connectivity index (χ1n) is 7.64. The van der Waals surface area contributed by atoms with Crippen molar-refractivity contribution in [3.63, 3.8) is 0 Å². The molecule has 0 aliphatic carbocycles. The van der Waals surface area contributed by atoms with Gasteiger partial charge in [0, 0.05) is 24.3 Å². The largest absolute Gasteiger partial charge is 0.385 e. The molecule has 1 N–H and O–H groups in total. The highest BCUT2D eigenvalue weighted by Crippen LogP contribution is 2.37. The zero-order chi connectivity index (χ0) is 14.1. The van der Waals surface area contributed by atoms with Gasteiger partial charge >= 0.3 is 0 Å². The maximum absolute atomic E-state index is 8.90. The number of hydrogen-bond donors (Lipinski definition) is 1. The van der Waals surface area contributed by atoms with Gasteiger partial charge < -0.3 is 10.2 Å². The Morgan fingerprint density at radius 1 is 1.30 bits per heavy atom. The fraction of sp³-hybridized carbons (Fsp3) is 0.588. The van der Waals surface area contributed by atoms with E-state index >= 15 is 0 Å². The average Bonchev–Trinajstić information content (AvgIpc) is 2.67. The third kappa shape index (κ3) is 2.53. The Hall–Kier alpha value is -1.53. The zero-order valence-electron chi connectivity index (χ0n) is 12.4. The van der Waals surface area contributed by atoms with Crippen LogP contribution in [0.15, 0.2) is 18.2 Å². The van der Waals surface area contributed by atoms with Gasteiger partial charge in [-0.3, -0.25) is 0 Å². The third-order valence-electron chi connectivity index (χ3n) is 5.13. The summed E-state index contributed by atoms with van der Waals surface area (Å²) in [5.74, 6) is 0.791. The SMILES string of the molecule is Cc1cc(C#N)ccc1NCC1CC2CCC(C1)N2C. The number of hydrogen-bond acceptors (Lipinski definition) is 3. The van der Waals surface area contributed by atoms with Crippen molar-refractivity contribution in [3.05, 3.63) is 29.3 Å². The summed E-state index contributed by atoms with van der Waals surface area (Å²) >= 11 is 0. The summed E-state index contributed by atoms with van der Waals surface area (Å²) in [6.07, 6.45) is 5.42. The number of nitrogens with one attached hydrogen (secondary N) is 1. The maximum Gasteiger partial charge on any atom is 0.0991 e.